The van der Waals surface area contributed by atoms with Gasteiger partial charge in [-0.05, 0) is 25.7 Å². The van der Waals surface area contributed by atoms with Crippen LogP contribution in [0.1, 0.15) is 48.0 Å². The van der Waals surface area contributed by atoms with Crippen molar-refractivity contribution in [2.24, 2.45) is 11.8 Å². The molecule has 122 valence electrons. The van der Waals surface area contributed by atoms with Gasteiger partial charge in [0.25, 0.3) is 0 Å². The van der Waals surface area contributed by atoms with Crippen LogP contribution in [0.15, 0.2) is 0 Å². The Morgan fingerprint density at radius 1 is 1.24 bits per heavy atom. The van der Waals surface area contributed by atoms with Crippen molar-refractivity contribution in [1.82, 2.24) is 10.2 Å². The van der Waals surface area contributed by atoms with Crippen LogP contribution in [-0.2, 0) is 14.3 Å². The molecule has 1 saturated heterocycles. The van der Waals surface area contributed by atoms with Crippen LogP contribution in [0.3, 0.4) is 0 Å². The Hall–Kier alpha value is -1.10. The molecule has 0 aromatic rings. The predicted molar refractivity (Wildman–Crippen MR) is 82.8 cm³/mol. The van der Waals surface area contributed by atoms with Crippen LogP contribution < -0.4 is 5.32 Å². The van der Waals surface area contributed by atoms with Crippen molar-refractivity contribution in [2.75, 3.05) is 19.7 Å². The summed E-state index contributed by atoms with van der Waals surface area (Å²) in [6.45, 7) is 13.6. The van der Waals surface area contributed by atoms with Crippen molar-refractivity contribution in [1.29, 1.82) is 0 Å². The molecule has 1 unspecified atom stereocenters. The molecule has 1 aliphatic rings. The molecule has 0 radical (unpaired) electrons. The first-order valence-corrected chi connectivity index (χ1v) is 7.84. The highest BCUT2D eigenvalue weighted by molar-refractivity contribution is 5.88. The van der Waals surface area contributed by atoms with E-state index in [1.807, 2.05) is 46.4 Å². The molecule has 0 spiro atoms. The van der Waals surface area contributed by atoms with Gasteiger partial charge in [-0.2, -0.15) is 0 Å². The summed E-state index contributed by atoms with van der Waals surface area (Å²) in [5.74, 6) is 0.304. The lowest BCUT2D eigenvalue weighted by molar-refractivity contribution is -0.150. The normalized spacial score (nSPS) is 19.7. The number of carbonyl (C=O) groups is 2. The molecule has 1 heterocycles. The molecule has 0 saturated carbocycles. The molecule has 21 heavy (non-hydrogen) atoms. The van der Waals surface area contributed by atoms with Gasteiger partial charge in [0.05, 0.1) is 12.2 Å². The third-order valence-electron chi connectivity index (χ3n) is 3.58. The maximum Gasteiger partial charge on any atom is 0.245 e. The lowest BCUT2D eigenvalue weighted by Crippen LogP contribution is -2.57. The highest BCUT2D eigenvalue weighted by Gasteiger charge is 2.34. The summed E-state index contributed by atoms with van der Waals surface area (Å²) in [6, 6.07) is -0.454. The highest BCUT2D eigenvalue weighted by atomic mass is 16.5. The van der Waals surface area contributed by atoms with E-state index in [1.165, 1.54) is 0 Å². The quantitative estimate of drug-likeness (QED) is 0.842. The summed E-state index contributed by atoms with van der Waals surface area (Å²) in [5.41, 5.74) is -0.322. The molecule has 0 aromatic carbocycles. The van der Waals surface area contributed by atoms with Crippen molar-refractivity contribution in [3.63, 3.8) is 0 Å². The lowest BCUT2D eigenvalue weighted by atomic mass is 10.00. The SMILES string of the molecule is CC(C)CC(=O)NC(C(=O)N1CCOC(C)(C)C1)C(C)C. The largest absolute Gasteiger partial charge is 0.372 e. The zero-order chi connectivity index (χ0) is 16.2. The summed E-state index contributed by atoms with van der Waals surface area (Å²) >= 11 is 0. The first kappa shape index (κ1) is 18.0. The second-order valence-corrected chi connectivity index (χ2v) is 7.26. The van der Waals surface area contributed by atoms with E-state index in [-0.39, 0.29) is 29.3 Å². The number of carbonyl (C=O) groups excluding carboxylic acids is 2. The third kappa shape index (κ3) is 5.65. The summed E-state index contributed by atoms with van der Waals surface area (Å²) in [6.07, 6.45) is 0.450. The molecule has 1 fully saturated rings. The van der Waals surface area contributed by atoms with Gasteiger partial charge < -0.3 is 15.0 Å². The fourth-order valence-corrected chi connectivity index (χ4v) is 2.52. The number of ether oxygens (including phenoxy) is 1. The molecule has 1 N–H and O–H groups in total. The number of morpholine rings is 1. The molecule has 1 atom stereocenters. The van der Waals surface area contributed by atoms with Gasteiger partial charge in [0.15, 0.2) is 0 Å². The molecule has 2 amide bonds. The van der Waals surface area contributed by atoms with Crippen molar-refractivity contribution in [2.45, 2.75) is 59.6 Å². The lowest BCUT2D eigenvalue weighted by Gasteiger charge is -2.40. The Kier molecular flexibility index (Phi) is 6.20. The van der Waals surface area contributed by atoms with E-state index >= 15 is 0 Å². The van der Waals surface area contributed by atoms with E-state index in [0.29, 0.717) is 26.1 Å². The molecule has 0 aliphatic carbocycles. The zero-order valence-electron chi connectivity index (χ0n) is 14.2. The summed E-state index contributed by atoms with van der Waals surface area (Å²) in [4.78, 5) is 26.5. The third-order valence-corrected chi connectivity index (χ3v) is 3.58. The Labute approximate surface area is 128 Å². The van der Waals surface area contributed by atoms with Crippen LogP contribution in [-0.4, -0.2) is 48.1 Å². The van der Waals surface area contributed by atoms with Crippen LogP contribution in [0.4, 0.5) is 0 Å². The summed E-state index contributed by atoms with van der Waals surface area (Å²) < 4.78 is 5.64. The number of nitrogens with one attached hydrogen (secondary N) is 1. The highest BCUT2D eigenvalue weighted by Crippen LogP contribution is 2.18. The topological polar surface area (TPSA) is 58.6 Å². The van der Waals surface area contributed by atoms with Gasteiger partial charge in [-0.3, -0.25) is 9.59 Å². The van der Waals surface area contributed by atoms with Crippen LogP contribution >= 0.6 is 0 Å². The van der Waals surface area contributed by atoms with E-state index in [4.69, 9.17) is 4.74 Å². The van der Waals surface area contributed by atoms with Gasteiger partial charge in [0, 0.05) is 19.5 Å². The summed E-state index contributed by atoms with van der Waals surface area (Å²) in [7, 11) is 0. The standard InChI is InChI=1S/C16H30N2O3/c1-11(2)9-13(19)17-14(12(3)4)15(20)18-7-8-21-16(5,6)10-18/h11-12,14H,7-10H2,1-6H3,(H,17,19). The number of hydrogen-bond acceptors (Lipinski definition) is 3. The van der Waals surface area contributed by atoms with Gasteiger partial charge in [-0.15, -0.1) is 0 Å². The van der Waals surface area contributed by atoms with Crippen LogP contribution in [0.25, 0.3) is 0 Å². The second kappa shape index (κ2) is 7.25. The zero-order valence-corrected chi connectivity index (χ0v) is 14.2. The molecule has 1 aliphatic heterocycles. The molecule has 1 rings (SSSR count). The van der Waals surface area contributed by atoms with E-state index in [2.05, 4.69) is 5.32 Å². The second-order valence-electron chi connectivity index (χ2n) is 7.26. The van der Waals surface area contributed by atoms with Gasteiger partial charge in [0.2, 0.25) is 11.8 Å². The molecule has 0 bridgehead atoms. The van der Waals surface area contributed by atoms with E-state index < -0.39 is 6.04 Å². The van der Waals surface area contributed by atoms with Crippen LogP contribution in [0.5, 0.6) is 0 Å². The monoisotopic (exact) mass is 298 g/mol. The maximum atomic E-state index is 12.7. The minimum atomic E-state index is -0.454. The van der Waals surface area contributed by atoms with E-state index in [9.17, 15) is 9.59 Å². The maximum absolute atomic E-state index is 12.7. The van der Waals surface area contributed by atoms with E-state index in [1.54, 1.807) is 0 Å². The minimum Gasteiger partial charge on any atom is -0.372 e. The Morgan fingerprint density at radius 2 is 1.86 bits per heavy atom. The molecule has 5 heteroatoms. The number of amides is 2. The molecular formula is C16H30N2O3. The van der Waals surface area contributed by atoms with Crippen molar-refractivity contribution < 1.29 is 14.3 Å². The first-order chi connectivity index (χ1) is 9.62. The Morgan fingerprint density at radius 3 is 2.33 bits per heavy atom. The van der Waals surface area contributed by atoms with Gasteiger partial charge in [-0.1, -0.05) is 27.7 Å². The summed E-state index contributed by atoms with van der Waals surface area (Å²) in [5, 5.41) is 2.90. The fraction of sp³-hybridized carbons (Fsp3) is 0.875. The predicted octanol–water partition coefficient (Wildman–Crippen LogP) is 1.81. The smallest absolute Gasteiger partial charge is 0.245 e. The van der Waals surface area contributed by atoms with Crippen molar-refractivity contribution in [3.8, 4) is 0 Å². The Balaban J connectivity index is 2.71. The van der Waals surface area contributed by atoms with Crippen molar-refractivity contribution in [3.05, 3.63) is 0 Å². The molecular weight excluding hydrogens is 268 g/mol. The van der Waals surface area contributed by atoms with Gasteiger partial charge in [0.1, 0.15) is 6.04 Å². The fourth-order valence-electron chi connectivity index (χ4n) is 2.52. The number of rotatable bonds is 5. The van der Waals surface area contributed by atoms with Gasteiger partial charge in [-0.25, -0.2) is 0 Å². The van der Waals surface area contributed by atoms with Crippen LogP contribution in [0.2, 0.25) is 0 Å². The average molecular weight is 298 g/mol. The molecule has 0 aromatic heterocycles. The number of nitrogens with zero attached hydrogens (tertiary/aromatic N) is 1. The first-order valence-electron chi connectivity index (χ1n) is 7.84. The van der Waals surface area contributed by atoms with Crippen LogP contribution in [0, 0.1) is 11.8 Å². The van der Waals surface area contributed by atoms with Crippen molar-refractivity contribution >= 4 is 11.8 Å². The minimum absolute atomic E-state index is 0.00141. The van der Waals surface area contributed by atoms with E-state index in [0.717, 1.165) is 0 Å². The average Bonchev–Trinajstić information content (AvgIpc) is 2.32. The number of hydrogen-bond donors (Lipinski definition) is 1. The molecule has 5 nitrogen and oxygen atoms in total. The van der Waals surface area contributed by atoms with Gasteiger partial charge >= 0.3 is 0 Å². The Bertz CT molecular complexity index is 378.